The molecule has 0 saturated carbocycles. The molecule has 0 fully saturated rings. The minimum absolute atomic E-state index is 0.199. The van der Waals surface area contributed by atoms with Crippen molar-refractivity contribution in [3.8, 4) is 17.2 Å². The van der Waals surface area contributed by atoms with Gasteiger partial charge in [-0.2, -0.15) is 0 Å². The van der Waals surface area contributed by atoms with Gasteiger partial charge in [-0.25, -0.2) is 8.42 Å². The molecule has 0 radical (unpaired) electrons. The molecule has 0 aliphatic carbocycles. The zero-order chi connectivity index (χ0) is 22.3. The average molecular weight is 435 g/mol. The van der Waals surface area contributed by atoms with Crippen molar-refractivity contribution < 1.29 is 27.4 Å². The zero-order valence-corrected chi connectivity index (χ0v) is 18.2. The number of amides is 1. The molecule has 0 heterocycles. The number of nitrogens with zero attached hydrogens (tertiary/aromatic N) is 1. The third kappa shape index (κ3) is 5.66. The van der Waals surface area contributed by atoms with Crippen LogP contribution in [-0.4, -0.2) is 47.4 Å². The first-order valence-electron chi connectivity index (χ1n) is 9.07. The monoisotopic (exact) mass is 434 g/mol. The maximum Gasteiger partial charge on any atom is 0.247 e. The van der Waals surface area contributed by atoms with Gasteiger partial charge in [-0.05, 0) is 31.2 Å². The number of rotatable bonds is 10. The maximum absolute atomic E-state index is 12.9. The summed E-state index contributed by atoms with van der Waals surface area (Å²) >= 11 is 0. The number of ether oxygens (including phenoxy) is 3. The summed E-state index contributed by atoms with van der Waals surface area (Å²) in [6, 6.07) is 10.4. The Bertz CT molecular complexity index is 1010. The van der Waals surface area contributed by atoms with Gasteiger partial charge in [0.15, 0.2) is 0 Å². The highest BCUT2D eigenvalue weighted by Crippen LogP contribution is 2.35. The molecule has 2 aromatic carbocycles. The maximum atomic E-state index is 12.9. The third-order valence-corrected chi connectivity index (χ3v) is 5.41. The van der Waals surface area contributed by atoms with E-state index in [1.807, 2.05) is 0 Å². The molecule has 30 heavy (non-hydrogen) atoms. The molecule has 0 saturated heterocycles. The Kier molecular flexibility index (Phi) is 7.71. The molecule has 0 spiro atoms. The van der Waals surface area contributed by atoms with E-state index in [4.69, 9.17) is 14.2 Å². The summed E-state index contributed by atoms with van der Waals surface area (Å²) in [6.45, 7) is 5.41. The second-order valence-corrected chi connectivity index (χ2v) is 8.25. The quantitative estimate of drug-likeness (QED) is 0.578. The minimum Gasteiger partial charge on any atom is -0.497 e. The van der Waals surface area contributed by atoms with E-state index < -0.39 is 22.0 Å². The molecule has 2 aromatic rings. The van der Waals surface area contributed by atoms with Crippen molar-refractivity contribution in [1.82, 2.24) is 0 Å². The van der Waals surface area contributed by atoms with Crippen molar-refractivity contribution in [3.63, 3.8) is 0 Å². The van der Waals surface area contributed by atoms with E-state index in [1.54, 1.807) is 42.5 Å². The summed E-state index contributed by atoms with van der Waals surface area (Å²) in [5.74, 6) is 0.751. The number of hydrogen-bond acceptors (Lipinski definition) is 6. The lowest BCUT2D eigenvalue weighted by atomic mass is 10.2. The molecule has 8 nitrogen and oxygen atoms in total. The lowest BCUT2D eigenvalue weighted by molar-refractivity contribution is -0.116. The molecule has 2 rings (SSSR count). The largest absolute Gasteiger partial charge is 0.497 e. The average Bonchev–Trinajstić information content (AvgIpc) is 2.71. The van der Waals surface area contributed by atoms with Crippen molar-refractivity contribution in [2.24, 2.45) is 0 Å². The fourth-order valence-electron chi connectivity index (χ4n) is 2.82. The van der Waals surface area contributed by atoms with Crippen molar-refractivity contribution >= 4 is 27.3 Å². The standard InChI is InChI=1S/C21H26N2O6S/c1-6-12-29-18-9-7-8-16(13-18)22-21(24)15(2)23(30(5,25)26)19-14-17(27-3)10-11-20(19)28-4/h6-11,13-15H,1,12H2,2-5H3,(H,22,24)/t15-/m1/s1. The number of hydrogen-bond donors (Lipinski definition) is 1. The fourth-order valence-corrected chi connectivity index (χ4v) is 3.99. The summed E-state index contributed by atoms with van der Waals surface area (Å²) in [5, 5.41) is 2.72. The Morgan fingerprint density at radius 1 is 1.17 bits per heavy atom. The predicted octanol–water partition coefficient (Wildman–Crippen LogP) is 3.06. The highest BCUT2D eigenvalue weighted by molar-refractivity contribution is 7.92. The van der Waals surface area contributed by atoms with E-state index in [-0.39, 0.29) is 5.69 Å². The number of anilines is 2. The van der Waals surface area contributed by atoms with Crippen molar-refractivity contribution in [2.75, 3.05) is 36.7 Å². The van der Waals surface area contributed by atoms with E-state index >= 15 is 0 Å². The second-order valence-electron chi connectivity index (χ2n) is 6.39. The smallest absolute Gasteiger partial charge is 0.247 e. The van der Waals surface area contributed by atoms with Gasteiger partial charge in [0, 0.05) is 17.8 Å². The van der Waals surface area contributed by atoms with E-state index in [0.717, 1.165) is 10.6 Å². The van der Waals surface area contributed by atoms with Gasteiger partial charge in [-0.3, -0.25) is 9.10 Å². The first-order valence-corrected chi connectivity index (χ1v) is 10.9. The number of benzene rings is 2. The molecule has 0 unspecified atom stereocenters. The molecule has 0 aliphatic rings. The second kappa shape index (κ2) is 10.0. The van der Waals surface area contributed by atoms with Crippen LogP contribution in [0.4, 0.5) is 11.4 Å². The van der Waals surface area contributed by atoms with Crippen LogP contribution in [0.25, 0.3) is 0 Å². The van der Waals surface area contributed by atoms with Crippen LogP contribution in [0.5, 0.6) is 17.2 Å². The van der Waals surface area contributed by atoms with Crippen LogP contribution >= 0.6 is 0 Å². The first kappa shape index (κ1) is 23.1. The summed E-state index contributed by atoms with van der Waals surface area (Å²) in [5.41, 5.74) is 0.671. The molecule has 9 heteroatoms. The Hall–Kier alpha value is -3.20. The highest BCUT2D eigenvalue weighted by atomic mass is 32.2. The van der Waals surface area contributed by atoms with Gasteiger partial charge < -0.3 is 19.5 Å². The highest BCUT2D eigenvalue weighted by Gasteiger charge is 2.31. The number of methoxy groups -OCH3 is 2. The van der Waals surface area contributed by atoms with Crippen LogP contribution in [0.2, 0.25) is 0 Å². The molecule has 1 amide bonds. The van der Waals surface area contributed by atoms with Gasteiger partial charge in [0.1, 0.15) is 29.9 Å². The Balaban J connectivity index is 2.36. The normalized spacial score (nSPS) is 11.9. The van der Waals surface area contributed by atoms with Crippen LogP contribution in [-0.2, 0) is 14.8 Å². The van der Waals surface area contributed by atoms with Crippen molar-refractivity contribution in [2.45, 2.75) is 13.0 Å². The SMILES string of the molecule is C=CCOc1cccc(NC(=O)[C@@H](C)N(c2cc(OC)ccc2OC)S(C)(=O)=O)c1. The minimum atomic E-state index is -3.83. The number of carbonyl (C=O) groups excluding carboxylic acids is 1. The Morgan fingerprint density at radius 3 is 2.50 bits per heavy atom. The van der Waals surface area contributed by atoms with E-state index in [1.165, 1.54) is 27.2 Å². The Morgan fingerprint density at radius 2 is 1.90 bits per heavy atom. The number of nitrogens with one attached hydrogen (secondary N) is 1. The van der Waals surface area contributed by atoms with E-state index in [9.17, 15) is 13.2 Å². The molecule has 0 aliphatic heterocycles. The van der Waals surface area contributed by atoms with Gasteiger partial charge in [0.25, 0.3) is 0 Å². The van der Waals surface area contributed by atoms with Crippen LogP contribution in [0.1, 0.15) is 6.92 Å². The molecule has 0 aromatic heterocycles. The van der Waals surface area contributed by atoms with E-state index in [0.29, 0.717) is 29.5 Å². The molecule has 162 valence electrons. The number of carbonyl (C=O) groups is 1. The summed E-state index contributed by atoms with van der Waals surface area (Å²) in [6.07, 6.45) is 2.64. The molecule has 1 N–H and O–H groups in total. The van der Waals surface area contributed by atoms with Gasteiger partial charge >= 0.3 is 0 Å². The predicted molar refractivity (Wildman–Crippen MR) is 117 cm³/mol. The fraction of sp³-hybridized carbons (Fsp3) is 0.286. The van der Waals surface area contributed by atoms with Crippen LogP contribution in [0.3, 0.4) is 0 Å². The Labute approximate surface area is 177 Å². The van der Waals surface area contributed by atoms with E-state index in [2.05, 4.69) is 11.9 Å². The molecule has 1 atom stereocenters. The van der Waals surface area contributed by atoms with Gasteiger partial charge in [0.05, 0.1) is 26.2 Å². The zero-order valence-electron chi connectivity index (χ0n) is 17.4. The van der Waals surface area contributed by atoms with Crippen LogP contribution in [0, 0.1) is 0 Å². The first-order chi connectivity index (χ1) is 14.2. The molecular weight excluding hydrogens is 408 g/mol. The summed E-state index contributed by atoms with van der Waals surface area (Å²) in [7, 11) is -0.943. The summed E-state index contributed by atoms with van der Waals surface area (Å²) < 4.78 is 42.1. The van der Waals surface area contributed by atoms with Crippen LogP contribution < -0.4 is 23.8 Å². The van der Waals surface area contributed by atoms with Crippen molar-refractivity contribution in [3.05, 3.63) is 55.1 Å². The van der Waals surface area contributed by atoms with Crippen LogP contribution in [0.15, 0.2) is 55.1 Å². The van der Waals surface area contributed by atoms with Gasteiger partial charge in [0.2, 0.25) is 15.9 Å². The molecule has 0 bridgehead atoms. The lowest BCUT2D eigenvalue weighted by Crippen LogP contribution is -2.45. The lowest BCUT2D eigenvalue weighted by Gasteiger charge is -2.29. The van der Waals surface area contributed by atoms with Gasteiger partial charge in [-0.1, -0.05) is 18.7 Å². The topological polar surface area (TPSA) is 94.2 Å². The third-order valence-electron chi connectivity index (χ3n) is 4.18. The summed E-state index contributed by atoms with van der Waals surface area (Å²) in [4.78, 5) is 12.9. The molecular formula is C21H26N2O6S. The van der Waals surface area contributed by atoms with Gasteiger partial charge in [-0.15, -0.1) is 0 Å². The number of sulfonamides is 1. The van der Waals surface area contributed by atoms with Crippen molar-refractivity contribution in [1.29, 1.82) is 0 Å².